The van der Waals surface area contributed by atoms with E-state index in [0.717, 1.165) is 11.5 Å². The van der Waals surface area contributed by atoms with Gasteiger partial charge in [0, 0.05) is 11.5 Å². The number of aryl methyl sites for hydroxylation is 1. The quantitative estimate of drug-likeness (QED) is 0.822. The molecule has 90 valence electrons. The lowest BCUT2D eigenvalue weighted by Crippen LogP contribution is -2.19. The van der Waals surface area contributed by atoms with Crippen LogP contribution < -0.4 is 5.56 Å². The van der Waals surface area contributed by atoms with Gasteiger partial charge in [0.05, 0.1) is 5.69 Å². The van der Waals surface area contributed by atoms with E-state index in [1.54, 1.807) is 6.07 Å². The summed E-state index contributed by atoms with van der Waals surface area (Å²) < 4.78 is 5.46. The largest absolute Gasteiger partial charge is 0.458 e. The van der Waals surface area contributed by atoms with Crippen molar-refractivity contribution in [3.63, 3.8) is 0 Å². The molecule has 0 unspecified atom stereocenters. The molecule has 0 radical (unpaired) electrons. The van der Waals surface area contributed by atoms with Crippen molar-refractivity contribution in [3.05, 3.63) is 40.0 Å². The van der Waals surface area contributed by atoms with Gasteiger partial charge >= 0.3 is 0 Å². The summed E-state index contributed by atoms with van der Waals surface area (Å²) in [5.41, 5.74) is 0.435. The summed E-state index contributed by atoms with van der Waals surface area (Å²) in [7, 11) is 0. The third kappa shape index (κ3) is 2.46. The maximum Gasteiger partial charge on any atom is 0.251 e. The summed E-state index contributed by atoms with van der Waals surface area (Å²) in [5, 5.41) is 0. The molecule has 0 amide bonds. The minimum Gasteiger partial charge on any atom is -0.458 e. The maximum atomic E-state index is 11.6. The first-order valence-electron chi connectivity index (χ1n) is 5.55. The Morgan fingerprint density at radius 1 is 1.29 bits per heavy atom. The van der Waals surface area contributed by atoms with Gasteiger partial charge in [-0.3, -0.25) is 4.79 Å². The molecule has 0 fully saturated rings. The van der Waals surface area contributed by atoms with Gasteiger partial charge in [-0.2, -0.15) is 0 Å². The van der Waals surface area contributed by atoms with E-state index < -0.39 is 0 Å². The molecule has 2 aromatic heterocycles. The third-order valence-corrected chi connectivity index (χ3v) is 2.48. The highest BCUT2D eigenvalue weighted by Crippen LogP contribution is 2.22. The number of nitrogens with zero attached hydrogens (tertiary/aromatic N) is 1. The number of rotatable bonds is 1. The number of hydrogen-bond donors (Lipinski definition) is 1. The Morgan fingerprint density at radius 2 is 2.00 bits per heavy atom. The van der Waals surface area contributed by atoms with Gasteiger partial charge in [-0.25, -0.2) is 4.98 Å². The van der Waals surface area contributed by atoms with Crippen molar-refractivity contribution >= 4 is 0 Å². The lowest BCUT2D eigenvalue weighted by Gasteiger charge is -2.17. The maximum absolute atomic E-state index is 11.6. The summed E-state index contributed by atoms with van der Waals surface area (Å²) in [6.45, 7) is 7.92. The molecule has 2 heterocycles. The molecule has 0 bridgehead atoms. The van der Waals surface area contributed by atoms with Crippen LogP contribution in [-0.4, -0.2) is 9.97 Å². The Labute approximate surface area is 99.7 Å². The van der Waals surface area contributed by atoms with Crippen molar-refractivity contribution in [1.82, 2.24) is 9.97 Å². The van der Waals surface area contributed by atoms with E-state index >= 15 is 0 Å². The van der Waals surface area contributed by atoms with E-state index in [2.05, 4.69) is 9.97 Å². The molecule has 0 aliphatic heterocycles. The SMILES string of the molecule is Cc1ccc(-c2nc(C(C)(C)C)cc(=O)[nH]2)o1. The topological polar surface area (TPSA) is 58.9 Å². The second kappa shape index (κ2) is 3.87. The van der Waals surface area contributed by atoms with E-state index in [-0.39, 0.29) is 11.0 Å². The second-order valence-corrected chi connectivity index (χ2v) is 5.14. The van der Waals surface area contributed by atoms with Gasteiger partial charge in [0.15, 0.2) is 11.6 Å². The van der Waals surface area contributed by atoms with Crippen LogP contribution in [0, 0.1) is 6.92 Å². The molecule has 2 rings (SSSR count). The highest BCUT2D eigenvalue weighted by Gasteiger charge is 2.18. The summed E-state index contributed by atoms with van der Waals surface area (Å²) in [6, 6.07) is 5.18. The summed E-state index contributed by atoms with van der Waals surface area (Å²) in [4.78, 5) is 18.7. The molecule has 0 aliphatic rings. The minimum absolute atomic E-state index is 0.158. The Bertz CT molecular complexity index is 588. The van der Waals surface area contributed by atoms with Gasteiger partial charge in [-0.05, 0) is 19.1 Å². The van der Waals surface area contributed by atoms with E-state index in [9.17, 15) is 4.79 Å². The Balaban J connectivity index is 2.57. The van der Waals surface area contributed by atoms with Crippen LogP contribution in [0.3, 0.4) is 0 Å². The predicted molar refractivity (Wildman–Crippen MR) is 66.0 cm³/mol. The Hall–Kier alpha value is -1.84. The minimum atomic E-state index is -0.162. The summed E-state index contributed by atoms with van der Waals surface area (Å²) in [5.74, 6) is 1.87. The first-order chi connectivity index (χ1) is 7.86. The standard InChI is InChI=1S/C13H16N2O2/c1-8-5-6-9(17-8)12-14-10(13(2,3)4)7-11(16)15-12/h5-7H,1-4H3,(H,14,15,16). The highest BCUT2D eigenvalue weighted by atomic mass is 16.3. The molecule has 0 aliphatic carbocycles. The Kier molecular flexibility index (Phi) is 2.65. The van der Waals surface area contributed by atoms with Gasteiger partial charge in [-0.1, -0.05) is 20.8 Å². The normalized spacial score (nSPS) is 11.8. The zero-order chi connectivity index (χ0) is 12.6. The first kappa shape index (κ1) is 11.6. The summed E-state index contributed by atoms with van der Waals surface area (Å²) >= 11 is 0. The second-order valence-electron chi connectivity index (χ2n) is 5.14. The van der Waals surface area contributed by atoms with Crippen LogP contribution in [0.4, 0.5) is 0 Å². The number of nitrogens with one attached hydrogen (secondary N) is 1. The van der Waals surface area contributed by atoms with Gasteiger partial charge in [-0.15, -0.1) is 0 Å². The lowest BCUT2D eigenvalue weighted by atomic mass is 9.92. The molecule has 4 nitrogen and oxygen atoms in total. The van der Waals surface area contributed by atoms with Crippen LogP contribution in [0.1, 0.15) is 32.2 Å². The molecular formula is C13H16N2O2. The van der Waals surface area contributed by atoms with Crippen LogP contribution >= 0.6 is 0 Å². The van der Waals surface area contributed by atoms with Crippen LogP contribution in [0.5, 0.6) is 0 Å². The molecule has 17 heavy (non-hydrogen) atoms. The fourth-order valence-corrected chi connectivity index (χ4v) is 1.52. The van der Waals surface area contributed by atoms with Gasteiger partial charge < -0.3 is 9.40 Å². The van der Waals surface area contributed by atoms with Crippen LogP contribution in [-0.2, 0) is 5.41 Å². The number of aromatic nitrogens is 2. The lowest BCUT2D eigenvalue weighted by molar-refractivity contribution is 0.537. The van der Waals surface area contributed by atoms with Crippen molar-refractivity contribution in [2.45, 2.75) is 33.1 Å². The van der Waals surface area contributed by atoms with Crippen molar-refractivity contribution in [3.8, 4) is 11.6 Å². The highest BCUT2D eigenvalue weighted by molar-refractivity contribution is 5.47. The molecule has 1 N–H and O–H groups in total. The monoisotopic (exact) mass is 232 g/mol. The molecule has 2 aromatic rings. The molecule has 0 saturated heterocycles. The van der Waals surface area contributed by atoms with Crippen molar-refractivity contribution in [2.75, 3.05) is 0 Å². The molecule has 4 heteroatoms. The van der Waals surface area contributed by atoms with Gasteiger partial charge in [0.2, 0.25) is 0 Å². The van der Waals surface area contributed by atoms with Gasteiger partial charge in [0.1, 0.15) is 5.76 Å². The molecule has 0 saturated carbocycles. The average molecular weight is 232 g/mol. The van der Waals surface area contributed by atoms with E-state index in [1.807, 2.05) is 33.8 Å². The number of hydrogen-bond acceptors (Lipinski definition) is 3. The Morgan fingerprint density at radius 3 is 2.53 bits per heavy atom. The van der Waals surface area contributed by atoms with E-state index in [1.165, 1.54) is 6.07 Å². The number of H-pyrrole nitrogens is 1. The molecule has 0 aromatic carbocycles. The number of furan rings is 1. The van der Waals surface area contributed by atoms with Gasteiger partial charge in [0.25, 0.3) is 5.56 Å². The fraction of sp³-hybridized carbons (Fsp3) is 0.385. The molecule has 0 atom stereocenters. The van der Waals surface area contributed by atoms with Crippen molar-refractivity contribution in [1.29, 1.82) is 0 Å². The third-order valence-electron chi connectivity index (χ3n) is 2.48. The van der Waals surface area contributed by atoms with Crippen LogP contribution in [0.25, 0.3) is 11.6 Å². The van der Waals surface area contributed by atoms with E-state index in [4.69, 9.17) is 4.42 Å². The fourth-order valence-electron chi connectivity index (χ4n) is 1.52. The van der Waals surface area contributed by atoms with Crippen LogP contribution in [0.2, 0.25) is 0 Å². The number of aromatic amines is 1. The van der Waals surface area contributed by atoms with Crippen molar-refractivity contribution in [2.24, 2.45) is 0 Å². The average Bonchev–Trinajstić information content (AvgIpc) is 2.62. The molecular weight excluding hydrogens is 216 g/mol. The smallest absolute Gasteiger partial charge is 0.251 e. The zero-order valence-corrected chi connectivity index (χ0v) is 10.5. The van der Waals surface area contributed by atoms with Crippen LogP contribution in [0.15, 0.2) is 27.4 Å². The first-order valence-corrected chi connectivity index (χ1v) is 5.55. The zero-order valence-electron chi connectivity index (χ0n) is 10.5. The predicted octanol–water partition coefficient (Wildman–Crippen LogP) is 2.64. The van der Waals surface area contributed by atoms with Crippen molar-refractivity contribution < 1.29 is 4.42 Å². The summed E-state index contributed by atoms with van der Waals surface area (Å²) in [6.07, 6.45) is 0. The molecule has 0 spiro atoms. The van der Waals surface area contributed by atoms with E-state index in [0.29, 0.717) is 11.6 Å².